The maximum absolute atomic E-state index is 13.4. The zero-order chi connectivity index (χ0) is 29.9. The van der Waals surface area contributed by atoms with Gasteiger partial charge in [-0.05, 0) is 50.1 Å². The van der Waals surface area contributed by atoms with Crippen LogP contribution in [0.4, 0.5) is 11.4 Å². The molecule has 0 saturated carbocycles. The van der Waals surface area contributed by atoms with E-state index < -0.39 is 10.0 Å². The summed E-state index contributed by atoms with van der Waals surface area (Å²) in [6, 6.07) is 12.0. The van der Waals surface area contributed by atoms with E-state index in [9.17, 15) is 23.1 Å². The predicted octanol–water partition coefficient (Wildman–Crippen LogP) is 3.32. The molecule has 1 saturated heterocycles. The zero-order valence-corrected chi connectivity index (χ0v) is 24.9. The van der Waals surface area contributed by atoms with E-state index in [1.54, 1.807) is 17.0 Å². The highest BCUT2D eigenvalue weighted by molar-refractivity contribution is 7.89. The first-order chi connectivity index (χ1) is 20.2. The molecule has 12 heteroatoms. The number of aromatic amines is 1. The lowest BCUT2D eigenvalue weighted by molar-refractivity contribution is -0.132. The summed E-state index contributed by atoms with van der Waals surface area (Å²) < 4.78 is 27.8. The number of H-pyrrole nitrogens is 1. The number of aliphatic imine (C=N–C) groups is 1. The quantitative estimate of drug-likeness (QED) is 0.445. The molecule has 4 heterocycles. The third kappa shape index (κ3) is 6.14. The first kappa shape index (κ1) is 29.6. The van der Waals surface area contributed by atoms with Crippen molar-refractivity contribution in [2.45, 2.75) is 37.5 Å². The number of nitrogens with one attached hydrogen (secondary N) is 1. The Hall–Kier alpha value is -3.90. The summed E-state index contributed by atoms with van der Waals surface area (Å²) in [5.41, 5.74) is 2.56. The van der Waals surface area contributed by atoms with E-state index in [4.69, 9.17) is 0 Å². The highest BCUT2D eigenvalue weighted by Gasteiger charge is 2.26. The number of fused-ring (bicyclic) bond motifs is 12. The second kappa shape index (κ2) is 12.5. The van der Waals surface area contributed by atoms with Crippen LogP contribution < -0.4 is 4.90 Å². The number of carbonyl (C=O) groups excluding carboxylic acids is 2. The Balaban J connectivity index is 1.50. The summed E-state index contributed by atoms with van der Waals surface area (Å²) in [5, 5.41) is 11.6. The lowest BCUT2D eigenvalue weighted by Crippen LogP contribution is -2.48. The molecule has 0 atom stereocenters. The number of rotatable bonds is 1. The molecule has 2 N–H and O–H groups in total. The summed E-state index contributed by atoms with van der Waals surface area (Å²) >= 11 is 0. The van der Waals surface area contributed by atoms with E-state index >= 15 is 0 Å². The van der Waals surface area contributed by atoms with E-state index in [0.717, 1.165) is 40.2 Å². The molecule has 3 aliphatic rings. The molecule has 224 valence electrons. The fourth-order valence-electron chi connectivity index (χ4n) is 5.62. The van der Waals surface area contributed by atoms with Gasteiger partial charge < -0.3 is 24.8 Å². The fourth-order valence-corrected chi connectivity index (χ4v) is 6.78. The lowest BCUT2D eigenvalue weighted by atomic mass is 10.1. The van der Waals surface area contributed by atoms with E-state index in [0.29, 0.717) is 56.9 Å². The molecule has 0 aliphatic carbocycles. The molecule has 11 nitrogen and oxygen atoms in total. The smallest absolute Gasteiger partial charge is 0.243 e. The number of piperazine rings is 1. The number of aromatic hydroxyl groups is 1. The number of carbonyl (C=O) groups is 2. The SMILES string of the molecule is CCN1CCCCCC(=O)N2CCN(CC2)c2cccc3[nH]c(O)c(c23)C=Nc2cccc(c2)S(=O)(=O)N(C)CC1=O. The Kier molecular flexibility index (Phi) is 8.83. The minimum absolute atomic E-state index is 0.0280. The van der Waals surface area contributed by atoms with Gasteiger partial charge >= 0.3 is 0 Å². The van der Waals surface area contributed by atoms with Crippen LogP contribution >= 0.6 is 0 Å². The molecular weight excluding hydrogens is 556 g/mol. The number of hydrogen-bond donors (Lipinski definition) is 2. The van der Waals surface area contributed by atoms with Gasteiger partial charge in [0, 0.05) is 70.0 Å². The van der Waals surface area contributed by atoms with Gasteiger partial charge in [0.1, 0.15) is 0 Å². The van der Waals surface area contributed by atoms with E-state index in [-0.39, 0.29) is 29.1 Å². The average Bonchev–Trinajstić information content (AvgIpc) is 3.32. The minimum atomic E-state index is -3.96. The Morgan fingerprint density at radius 3 is 2.43 bits per heavy atom. The molecule has 0 spiro atoms. The molecule has 42 heavy (non-hydrogen) atoms. The van der Waals surface area contributed by atoms with Crippen molar-refractivity contribution in [3.05, 3.63) is 48.0 Å². The van der Waals surface area contributed by atoms with E-state index in [1.807, 2.05) is 30.0 Å². The summed E-state index contributed by atoms with van der Waals surface area (Å²) in [6.45, 7) is 5.13. The number of sulfonamides is 1. The first-order valence-electron chi connectivity index (χ1n) is 14.4. The van der Waals surface area contributed by atoms with Gasteiger partial charge in [0.05, 0.1) is 28.2 Å². The van der Waals surface area contributed by atoms with Gasteiger partial charge in [0.2, 0.25) is 21.8 Å². The largest absolute Gasteiger partial charge is 0.494 e. The number of nitrogens with zero attached hydrogens (tertiary/aromatic N) is 5. The van der Waals surface area contributed by atoms with Gasteiger partial charge in [-0.1, -0.05) is 18.6 Å². The van der Waals surface area contributed by atoms with Gasteiger partial charge in [-0.2, -0.15) is 4.31 Å². The third-order valence-electron chi connectivity index (χ3n) is 8.07. The first-order valence-corrected chi connectivity index (χ1v) is 15.9. The fraction of sp³-hybridized carbons (Fsp3) is 0.433. The molecule has 1 fully saturated rings. The second-order valence-electron chi connectivity index (χ2n) is 10.8. The number of anilines is 1. The number of likely N-dealkylation sites (N-methyl/N-ethyl adjacent to an activating group) is 2. The Morgan fingerprint density at radius 2 is 1.67 bits per heavy atom. The second-order valence-corrected chi connectivity index (χ2v) is 12.8. The van der Waals surface area contributed by atoms with Crippen LogP contribution in [0.1, 0.15) is 38.2 Å². The predicted molar refractivity (Wildman–Crippen MR) is 163 cm³/mol. The third-order valence-corrected chi connectivity index (χ3v) is 9.87. The van der Waals surface area contributed by atoms with Gasteiger partial charge in [-0.25, -0.2) is 8.42 Å². The van der Waals surface area contributed by atoms with Gasteiger partial charge in [-0.15, -0.1) is 0 Å². The van der Waals surface area contributed by atoms with Gasteiger partial charge in [0.15, 0.2) is 5.88 Å². The molecule has 0 radical (unpaired) electrons. The molecule has 2 amide bonds. The van der Waals surface area contributed by atoms with Crippen molar-refractivity contribution in [2.24, 2.45) is 4.99 Å². The van der Waals surface area contributed by atoms with Crippen molar-refractivity contribution in [1.29, 1.82) is 0 Å². The molecule has 1 aromatic heterocycles. The monoisotopic (exact) mass is 594 g/mol. The van der Waals surface area contributed by atoms with Crippen LogP contribution in [0, 0.1) is 0 Å². The lowest BCUT2D eigenvalue weighted by Gasteiger charge is -2.36. The topological polar surface area (TPSA) is 130 Å². The maximum Gasteiger partial charge on any atom is 0.243 e. The van der Waals surface area contributed by atoms with E-state index in [2.05, 4.69) is 14.9 Å². The summed E-state index contributed by atoms with van der Waals surface area (Å²) in [5.74, 6) is -0.172. The highest BCUT2D eigenvalue weighted by Crippen LogP contribution is 2.35. The molecule has 3 aromatic rings. The molecule has 3 aliphatic heterocycles. The number of amides is 2. The van der Waals surface area contributed by atoms with Gasteiger partial charge in [-0.3, -0.25) is 14.6 Å². The molecule has 0 unspecified atom stereocenters. The van der Waals surface area contributed by atoms with Crippen LogP contribution in [0.2, 0.25) is 0 Å². The van der Waals surface area contributed by atoms with Crippen molar-refractivity contribution in [3.8, 4) is 5.88 Å². The molecular formula is C30H38N6O5S. The van der Waals surface area contributed by atoms with Crippen molar-refractivity contribution < 1.29 is 23.1 Å². The van der Waals surface area contributed by atoms with Crippen molar-refractivity contribution in [2.75, 3.05) is 57.8 Å². The Bertz CT molecular complexity index is 1590. The van der Waals surface area contributed by atoms with E-state index in [1.165, 1.54) is 25.4 Å². The average molecular weight is 595 g/mol. The van der Waals surface area contributed by atoms with Gasteiger partial charge in [0.25, 0.3) is 0 Å². The number of hydrogen-bond acceptors (Lipinski definition) is 7. The number of benzene rings is 2. The van der Waals surface area contributed by atoms with Crippen molar-refractivity contribution in [1.82, 2.24) is 19.1 Å². The maximum atomic E-state index is 13.4. The van der Waals surface area contributed by atoms with Crippen LogP contribution in [0.15, 0.2) is 52.4 Å². The minimum Gasteiger partial charge on any atom is -0.494 e. The van der Waals surface area contributed by atoms with Crippen LogP contribution in [0.5, 0.6) is 5.88 Å². The molecule has 6 rings (SSSR count). The summed E-state index contributed by atoms with van der Waals surface area (Å²) in [4.78, 5) is 39.3. The number of aromatic nitrogens is 1. The normalized spacial score (nSPS) is 19.5. The van der Waals surface area contributed by atoms with Crippen LogP contribution in [0.3, 0.4) is 0 Å². The molecule has 2 aromatic carbocycles. The van der Waals surface area contributed by atoms with Crippen molar-refractivity contribution >= 4 is 50.3 Å². The van der Waals surface area contributed by atoms with Crippen LogP contribution in [-0.2, 0) is 19.6 Å². The van der Waals surface area contributed by atoms with Crippen molar-refractivity contribution in [3.63, 3.8) is 0 Å². The summed E-state index contributed by atoms with van der Waals surface area (Å²) in [7, 11) is -2.56. The Labute approximate surface area is 246 Å². The molecule has 4 bridgehead atoms. The highest BCUT2D eigenvalue weighted by atomic mass is 32.2. The standard InChI is InChI=1S/C30H38N6O5S/c1-3-34-14-6-4-5-13-27(37)36-17-15-35(16-18-36)26-12-8-11-25-29(26)24(30(39)32-25)20-31-22-9-7-10-23(19-22)42(40,41)33(2)21-28(34)38/h7-12,19-20,32,39H,3-6,13-18,21H2,1-2H3. The zero-order valence-electron chi connectivity index (χ0n) is 24.1. The van der Waals surface area contributed by atoms with Crippen LogP contribution in [0.25, 0.3) is 10.9 Å². The summed E-state index contributed by atoms with van der Waals surface area (Å²) in [6.07, 6.45) is 4.28. The van der Waals surface area contributed by atoms with Crippen LogP contribution in [-0.4, -0.2) is 104 Å². The Morgan fingerprint density at radius 1 is 0.929 bits per heavy atom.